The largest absolute Gasteiger partial charge is 0.322 e. The number of nitrogens with one attached hydrogen (secondary N) is 1. The molecule has 1 aromatic heterocycles. The number of anilines is 1. The van der Waals surface area contributed by atoms with Gasteiger partial charge in [0, 0.05) is 24.5 Å². The Bertz CT molecular complexity index is 1260. The summed E-state index contributed by atoms with van der Waals surface area (Å²) in [4.78, 5) is 13.4. The fraction of sp³-hybridized carbons (Fsp3) is 0.360. The van der Waals surface area contributed by atoms with E-state index in [0.717, 1.165) is 30.5 Å². The zero-order chi connectivity index (χ0) is 23.6. The van der Waals surface area contributed by atoms with Crippen LogP contribution in [0.25, 0.3) is 0 Å². The van der Waals surface area contributed by atoms with Crippen molar-refractivity contribution in [3.63, 3.8) is 0 Å². The van der Waals surface area contributed by atoms with Crippen molar-refractivity contribution in [3.05, 3.63) is 76.6 Å². The number of sulfonamides is 1. The lowest BCUT2D eigenvalue weighted by Crippen LogP contribution is -2.36. The van der Waals surface area contributed by atoms with E-state index >= 15 is 0 Å². The molecule has 2 aromatic carbocycles. The smallest absolute Gasteiger partial charge is 0.259 e. The SMILES string of the molecule is Cc1ccc(NC(=O)c2c(C)nn(Cc3ccccc3)c2C)cc1S(=O)(=O)N1CCCCC1. The quantitative estimate of drug-likeness (QED) is 0.588. The van der Waals surface area contributed by atoms with Gasteiger partial charge in [0.25, 0.3) is 5.91 Å². The van der Waals surface area contributed by atoms with Gasteiger partial charge in [-0.05, 0) is 56.9 Å². The summed E-state index contributed by atoms with van der Waals surface area (Å²) in [6.45, 7) is 7.12. The highest BCUT2D eigenvalue weighted by Gasteiger charge is 2.28. The van der Waals surface area contributed by atoms with Crippen LogP contribution in [0.4, 0.5) is 5.69 Å². The van der Waals surface area contributed by atoms with E-state index in [-0.39, 0.29) is 10.8 Å². The zero-order valence-corrected chi connectivity index (χ0v) is 20.2. The van der Waals surface area contributed by atoms with Crippen molar-refractivity contribution in [2.45, 2.75) is 51.5 Å². The van der Waals surface area contributed by atoms with Crippen LogP contribution in [-0.2, 0) is 16.6 Å². The number of carbonyl (C=O) groups excluding carboxylic acids is 1. The third-order valence-corrected chi connectivity index (χ3v) is 8.20. The molecule has 0 bridgehead atoms. The summed E-state index contributed by atoms with van der Waals surface area (Å²) in [5, 5.41) is 7.44. The molecule has 7 nitrogen and oxygen atoms in total. The van der Waals surface area contributed by atoms with Gasteiger partial charge in [0.1, 0.15) is 0 Å². The number of carbonyl (C=O) groups is 1. The molecule has 8 heteroatoms. The number of aryl methyl sites for hydroxylation is 2. The van der Waals surface area contributed by atoms with Crippen LogP contribution in [-0.4, -0.2) is 41.5 Å². The Morgan fingerprint density at radius 3 is 2.39 bits per heavy atom. The lowest BCUT2D eigenvalue weighted by molar-refractivity contribution is 0.102. The van der Waals surface area contributed by atoms with Crippen molar-refractivity contribution < 1.29 is 13.2 Å². The fourth-order valence-corrected chi connectivity index (χ4v) is 6.10. The monoisotopic (exact) mass is 466 g/mol. The molecule has 1 fully saturated rings. The lowest BCUT2D eigenvalue weighted by Gasteiger charge is -2.26. The number of benzene rings is 2. The van der Waals surface area contributed by atoms with Gasteiger partial charge in [0.2, 0.25) is 10.0 Å². The van der Waals surface area contributed by atoms with E-state index in [4.69, 9.17) is 0 Å². The first-order chi connectivity index (χ1) is 15.8. The molecular formula is C25H30N4O3S. The van der Waals surface area contributed by atoms with Gasteiger partial charge >= 0.3 is 0 Å². The van der Waals surface area contributed by atoms with Crippen LogP contribution in [0.3, 0.4) is 0 Å². The first-order valence-corrected chi connectivity index (χ1v) is 12.7. The second kappa shape index (κ2) is 9.49. The number of hydrogen-bond donors (Lipinski definition) is 1. The predicted octanol–water partition coefficient (Wildman–Crippen LogP) is 4.28. The molecular weight excluding hydrogens is 436 g/mol. The van der Waals surface area contributed by atoms with Gasteiger partial charge in [-0.1, -0.05) is 42.8 Å². The molecule has 4 rings (SSSR count). The number of hydrogen-bond acceptors (Lipinski definition) is 4. The Labute approximate surface area is 195 Å². The first-order valence-electron chi connectivity index (χ1n) is 11.3. The summed E-state index contributed by atoms with van der Waals surface area (Å²) in [6, 6.07) is 15.0. The van der Waals surface area contributed by atoms with E-state index in [1.54, 1.807) is 29.4 Å². The van der Waals surface area contributed by atoms with Crippen LogP contribution >= 0.6 is 0 Å². The minimum absolute atomic E-state index is 0.246. The van der Waals surface area contributed by atoms with Gasteiger partial charge in [-0.15, -0.1) is 0 Å². The van der Waals surface area contributed by atoms with Crippen LogP contribution in [0.1, 0.15) is 52.1 Å². The van der Waals surface area contributed by atoms with Crippen LogP contribution in [0, 0.1) is 20.8 Å². The van der Waals surface area contributed by atoms with Crippen LogP contribution in [0.15, 0.2) is 53.4 Å². The van der Waals surface area contributed by atoms with Gasteiger partial charge in [-0.2, -0.15) is 9.40 Å². The van der Waals surface area contributed by atoms with Gasteiger partial charge < -0.3 is 5.32 Å². The van der Waals surface area contributed by atoms with Crippen LogP contribution in [0.5, 0.6) is 0 Å². The average molecular weight is 467 g/mol. The van der Waals surface area contributed by atoms with Crippen molar-refractivity contribution >= 4 is 21.6 Å². The normalized spacial score (nSPS) is 14.9. The molecule has 33 heavy (non-hydrogen) atoms. The van der Waals surface area contributed by atoms with Crippen LogP contribution in [0.2, 0.25) is 0 Å². The average Bonchev–Trinajstić information content (AvgIpc) is 3.09. The summed E-state index contributed by atoms with van der Waals surface area (Å²) >= 11 is 0. The standard InChI is InChI=1S/C25H30N4O3S/c1-18-12-13-22(16-23(18)33(31,32)28-14-8-5-9-15-28)26-25(30)24-19(2)27-29(20(24)3)17-21-10-6-4-7-11-21/h4,6-7,10-13,16H,5,8-9,14-15,17H2,1-3H3,(H,26,30). The van der Waals surface area contributed by atoms with E-state index in [9.17, 15) is 13.2 Å². The Balaban J connectivity index is 1.57. The number of amides is 1. The highest BCUT2D eigenvalue weighted by molar-refractivity contribution is 7.89. The van der Waals surface area contributed by atoms with E-state index in [1.165, 1.54) is 0 Å². The van der Waals surface area contributed by atoms with Gasteiger partial charge in [0.15, 0.2) is 0 Å². The molecule has 1 amide bonds. The lowest BCUT2D eigenvalue weighted by atomic mass is 10.1. The van der Waals surface area contributed by atoms with Crippen molar-refractivity contribution in [1.29, 1.82) is 0 Å². The molecule has 0 saturated carbocycles. The molecule has 1 saturated heterocycles. The van der Waals surface area contributed by atoms with E-state index in [1.807, 2.05) is 48.9 Å². The van der Waals surface area contributed by atoms with Gasteiger partial charge in [0.05, 0.1) is 22.7 Å². The minimum Gasteiger partial charge on any atom is -0.322 e. The molecule has 1 aliphatic rings. The number of piperidine rings is 1. The third-order valence-electron chi connectivity index (χ3n) is 6.16. The minimum atomic E-state index is -3.60. The third kappa shape index (κ3) is 4.86. The van der Waals surface area contributed by atoms with Crippen molar-refractivity contribution in [3.8, 4) is 0 Å². The summed E-state index contributed by atoms with van der Waals surface area (Å²) in [5.74, 6) is -0.297. The Morgan fingerprint density at radius 1 is 1.00 bits per heavy atom. The highest BCUT2D eigenvalue weighted by atomic mass is 32.2. The molecule has 3 aromatic rings. The number of nitrogens with zero attached hydrogens (tertiary/aromatic N) is 3. The van der Waals surface area contributed by atoms with Crippen molar-refractivity contribution in [2.24, 2.45) is 0 Å². The summed E-state index contributed by atoms with van der Waals surface area (Å²) in [7, 11) is -3.60. The maximum Gasteiger partial charge on any atom is 0.259 e. The van der Waals surface area contributed by atoms with E-state index < -0.39 is 10.0 Å². The second-order valence-corrected chi connectivity index (χ2v) is 10.5. The summed E-state index contributed by atoms with van der Waals surface area (Å²) in [6.07, 6.45) is 2.80. The molecule has 0 radical (unpaired) electrons. The fourth-order valence-electron chi connectivity index (χ4n) is 4.33. The number of rotatable bonds is 6. The molecule has 2 heterocycles. The molecule has 0 atom stereocenters. The molecule has 1 aliphatic heterocycles. The Morgan fingerprint density at radius 2 is 1.70 bits per heavy atom. The van der Waals surface area contributed by atoms with Crippen molar-refractivity contribution in [1.82, 2.24) is 14.1 Å². The first kappa shape index (κ1) is 23.2. The van der Waals surface area contributed by atoms with Crippen LogP contribution < -0.4 is 5.32 Å². The maximum absolute atomic E-state index is 13.2. The zero-order valence-electron chi connectivity index (χ0n) is 19.3. The summed E-state index contributed by atoms with van der Waals surface area (Å²) < 4.78 is 29.8. The Kier molecular flexibility index (Phi) is 6.67. The molecule has 1 N–H and O–H groups in total. The highest BCUT2D eigenvalue weighted by Crippen LogP contribution is 2.27. The number of aromatic nitrogens is 2. The topological polar surface area (TPSA) is 84.3 Å². The van der Waals surface area contributed by atoms with Gasteiger partial charge in [-0.3, -0.25) is 9.48 Å². The molecule has 0 aliphatic carbocycles. The van der Waals surface area contributed by atoms with Gasteiger partial charge in [-0.25, -0.2) is 8.42 Å². The maximum atomic E-state index is 13.2. The van der Waals surface area contributed by atoms with E-state index in [2.05, 4.69) is 10.4 Å². The Hall–Kier alpha value is -2.97. The predicted molar refractivity (Wildman–Crippen MR) is 129 cm³/mol. The summed E-state index contributed by atoms with van der Waals surface area (Å²) in [5.41, 5.74) is 4.13. The molecule has 0 spiro atoms. The molecule has 174 valence electrons. The van der Waals surface area contributed by atoms with Crippen molar-refractivity contribution in [2.75, 3.05) is 18.4 Å². The second-order valence-electron chi connectivity index (χ2n) is 8.59. The van der Waals surface area contributed by atoms with E-state index in [0.29, 0.717) is 42.1 Å². The molecule has 0 unspecified atom stereocenters.